The second-order valence-corrected chi connectivity index (χ2v) is 7.33. The summed E-state index contributed by atoms with van der Waals surface area (Å²) < 4.78 is 26.7. The van der Waals surface area contributed by atoms with E-state index in [1.165, 1.54) is 10.7 Å². The normalized spacial score (nSPS) is 10.8. The number of ether oxygens (including phenoxy) is 1. The van der Waals surface area contributed by atoms with Crippen LogP contribution in [0.3, 0.4) is 0 Å². The molecule has 0 saturated carbocycles. The fourth-order valence-electron chi connectivity index (χ4n) is 2.98. The van der Waals surface area contributed by atoms with Crippen molar-refractivity contribution in [3.8, 4) is 5.75 Å². The van der Waals surface area contributed by atoms with E-state index >= 15 is 0 Å². The zero-order chi connectivity index (χ0) is 21.8. The minimum absolute atomic E-state index is 0.134. The van der Waals surface area contributed by atoms with Gasteiger partial charge in [0.25, 0.3) is 5.91 Å². The third-order valence-corrected chi connectivity index (χ3v) is 4.87. The van der Waals surface area contributed by atoms with Gasteiger partial charge < -0.3 is 14.5 Å². The summed E-state index contributed by atoms with van der Waals surface area (Å²) in [7, 11) is 0. The number of nitrogens with one attached hydrogen (secondary N) is 1. The van der Waals surface area contributed by atoms with E-state index in [4.69, 9.17) is 20.8 Å². The van der Waals surface area contributed by atoms with Crippen molar-refractivity contribution >= 4 is 23.3 Å². The average molecular weight is 440 g/mol. The number of carbonyl (C=O) groups excluding carboxylic acids is 1. The molecule has 2 heterocycles. The average Bonchev–Trinajstić information content (AvgIpc) is 3.39. The maximum atomic E-state index is 13.9. The highest BCUT2D eigenvalue weighted by Gasteiger charge is 2.14. The maximum Gasteiger partial charge on any atom is 0.292 e. The molecule has 6 nitrogen and oxygen atoms in total. The highest BCUT2D eigenvalue weighted by molar-refractivity contribution is 6.31. The number of hydrogen-bond acceptors (Lipinski definition) is 4. The lowest BCUT2D eigenvalue weighted by Crippen LogP contribution is -2.12. The number of furan rings is 1. The van der Waals surface area contributed by atoms with Gasteiger partial charge in [-0.15, -0.1) is 0 Å². The van der Waals surface area contributed by atoms with E-state index in [-0.39, 0.29) is 18.9 Å². The van der Waals surface area contributed by atoms with Crippen LogP contribution in [0.4, 0.5) is 10.2 Å². The number of aromatic nitrogens is 2. The summed E-state index contributed by atoms with van der Waals surface area (Å²) in [5.41, 5.74) is 1.42. The summed E-state index contributed by atoms with van der Waals surface area (Å²) in [6.07, 6.45) is 1.63. The van der Waals surface area contributed by atoms with Gasteiger partial charge in [-0.3, -0.25) is 9.48 Å². The van der Waals surface area contributed by atoms with E-state index in [1.54, 1.807) is 36.5 Å². The molecule has 31 heavy (non-hydrogen) atoms. The molecule has 0 aliphatic heterocycles. The van der Waals surface area contributed by atoms with Crippen molar-refractivity contribution in [2.45, 2.75) is 20.1 Å². The third kappa shape index (κ3) is 5.13. The molecule has 4 aromatic rings. The fraction of sp³-hybridized carbons (Fsp3) is 0.130. The molecular weight excluding hydrogens is 421 g/mol. The Morgan fingerprint density at radius 2 is 2.03 bits per heavy atom. The predicted molar refractivity (Wildman–Crippen MR) is 115 cm³/mol. The molecule has 0 saturated heterocycles. The predicted octanol–water partition coefficient (Wildman–Crippen LogP) is 5.46. The van der Waals surface area contributed by atoms with Gasteiger partial charge in [0, 0.05) is 22.8 Å². The first kappa shape index (κ1) is 20.7. The van der Waals surface area contributed by atoms with Crippen LogP contribution in [-0.4, -0.2) is 15.7 Å². The van der Waals surface area contributed by atoms with Crippen molar-refractivity contribution in [2.75, 3.05) is 5.32 Å². The summed E-state index contributed by atoms with van der Waals surface area (Å²) in [5.74, 6) is 0.829. The van der Waals surface area contributed by atoms with Gasteiger partial charge in [0.15, 0.2) is 11.6 Å². The minimum Gasteiger partial charge on any atom is -0.486 e. The Balaban J connectivity index is 1.36. The molecule has 0 spiro atoms. The van der Waals surface area contributed by atoms with Crippen LogP contribution in [0.5, 0.6) is 5.75 Å². The zero-order valence-corrected chi connectivity index (χ0v) is 17.4. The molecule has 158 valence electrons. The number of hydrogen-bond donors (Lipinski definition) is 1. The smallest absolute Gasteiger partial charge is 0.292 e. The van der Waals surface area contributed by atoms with Crippen molar-refractivity contribution in [3.05, 3.63) is 100 Å². The number of aryl methyl sites for hydroxylation is 1. The van der Waals surface area contributed by atoms with Gasteiger partial charge >= 0.3 is 0 Å². The molecule has 0 atom stereocenters. The van der Waals surface area contributed by atoms with Crippen molar-refractivity contribution in [3.63, 3.8) is 0 Å². The van der Waals surface area contributed by atoms with Crippen LogP contribution in [0.1, 0.15) is 27.4 Å². The van der Waals surface area contributed by atoms with Crippen LogP contribution in [0.25, 0.3) is 0 Å². The summed E-state index contributed by atoms with van der Waals surface area (Å²) in [6.45, 7) is 2.33. The molecule has 0 bridgehead atoms. The minimum atomic E-state index is -0.448. The fourth-order valence-corrected chi connectivity index (χ4v) is 3.20. The van der Waals surface area contributed by atoms with Crippen LogP contribution in [0, 0.1) is 12.7 Å². The lowest BCUT2D eigenvalue weighted by Gasteiger charge is -2.06. The van der Waals surface area contributed by atoms with Crippen molar-refractivity contribution < 1.29 is 18.3 Å². The molecule has 0 fully saturated rings. The van der Waals surface area contributed by atoms with Gasteiger partial charge in [-0.1, -0.05) is 29.8 Å². The molecule has 0 radical (unpaired) electrons. The summed E-state index contributed by atoms with van der Waals surface area (Å²) in [4.78, 5) is 12.4. The molecule has 0 unspecified atom stereocenters. The number of amides is 1. The van der Waals surface area contributed by atoms with Gasteiger partial charge in [-0.2, -0.15) is 5.10 Å². The van der Waals surface area contributed by atoms with Gasteiger partial charge in [-0.05, 0) is 48.9 Å². The van der Waals surface area contributed by atoms with Gasteiger partial charge in [0.1, 0.15) is 23.9 Å². The van der Waals surface area contributed by atoms with Gasteiger partial charge in [0.2, 0.25) is 0 Å². The Morgan fingerprint density at radius 1 is 1.19 bits per heavy atom. The van der Waals surface area contributed by atoms with E-state index in [2.05, 4.69) is 10.4 Å². The number of rotatable bonds is 7. The molecule has 1 amide bonds. The Bertz CT molecular complexity index is 1200. The number of carbonyl (C=O) groups is 1. The van der Waals surface area contributed by atoms with E-state index in [0.717, 1.165) is 11.3 Å². The quantitative estimate of drug-likeness (QED) is 0.415. The number of nitrogens with zero attached hydrogens (tertiary/aromatic N) is 2. The van der Waals surface area contributed by atoms with E-state index in [0.29, 0.717) is 22.2 Å². The monoisotopic (exact) mass is 439 g/mol. The molecule has 8 heteroatoms. The number of benzene rings is 2. The van der Waals surface area contributed by atoms with Crippen LogP contribution in [0.15, 0.2) is 71.3 Å². The molecule has 0 aliphatic carbocycles. The highest BCUT2D eigenvalue weighted by atomic mass is 35.5. The van der Waals surface area contributed by atoms with Crippen LogP contribution >= 0.6 is 11.6 Å². The summed E-state index contributed by atoms with van der Waals surface area (Å²) in [6, 6.07) is 17.0. The Labute approximate surface area is 183 Å². The van der Waals surface area contributed by atoms with Gasteiger partial charge in [0.05, 0.1) is 6.54 Å². The number of halogens is 2. The maximum absolute atomic E-state index is 13.9. The van der Waals surface area contributed by atoms with Gasteiger partial charge in [-0.25, -0.2) is 4.39 Å². The topological polar surface area (TPSA) is 69.3 Å². The summed E-state index contributed by atoms with van der Waals surface area (Å²) in [5, 5.41) is 7.21. The first-order valence-electron chi connectivity index (χ1n) is 9.54. The van der Waals surface area contributed by atoms with Crippen molar-refractivity contribution in [2.24, 2.45) is 0 Å². The second-order valence-electron chi connectivity index (χ2n) is 6.92. The number of anilines is 1. The van der Waals surface area contributed by atoms with E-state index in [1.807, 2.05) is 31.2 Å². The zero-order valence-electron chi connectivity index (χ0n) is 16.6. The second kappa shape index (κ2) is 9.06. The molecule has 0 aliphatic rings. The Morgan fingerprint density at radius 3 is 2.84 bits per heavy atom. The first-order valence-corrected chi connectivity index (χ1v) is 9.91. The third-order valence-electron chi connectivity index (χ3n) is 4.52. The Kier molecular flexibility index (Phi) is 6.04. The first-order chi connectivity index (χ1) is 15.0. The van der Waals surface area contributed by atoms with E-state index < -0.39 is 11.7 Å². The highest BCUT2D eigenvalue weighted by Crippen LogP contribution is 2.21. The molecule has 2 aromatic heterocycles. The van der Waals surface area contributed by atoms with Crippen molar-refractivity contribution in [1.29, 1.82) is 0 Å². The molecule has 2 aromatic carbocycles. The lowest BCUT2D eigenvalue weighted by atomic mass is 10.2. The molecular formula is C23H19ClFN3O3. The summed E-state index contributed by atoms with van der Waals surface area (Å²) >= 11 is 6.05. The standard InChI is InChI=1S/C23H19ClFN3O3/c1-15-4-2-5-16(12-15)30-14-17-8-9-21(31-17)23(29)26-22-10-11-28(27-22)13-18-19(24)6-3-7-20(18)25/h2-12H,13-14H2,1H3,(H,26,27,29). The van der Waals surface area contributed by atoms with Crippen LogP contribution in [-0.2, 0) is 13.2 Å². The Hall–Kier alpha value is -3.58. The lowest BCUT2D eigenvalue weighted by molar-refractivity contribution is 0.0992. The SMILES string of the molecule is Cc1cccc(OCc2ccc(C(=O)Nc3ccn(Cc4c(F)cccc4Cl)n3)o2)c1. The molecule has 4 rings (SSSR count). The largest absolute Gasteiger partial charge is 0.486 e. The molecule has 1 N–H and O–H groups in total. The van der Waals surface area contributed by atoms with Crippen LogP contribution < -0.4 is 10.1 Å². The van der Waals surface area contributed by atoms with Crippen LogP contribution in [0.2, 0.25) is 5.02 Å². The van der Waals surface area contributed by atoms with E-state index in [9.17, 15) is 9.18 Å². The van der Waals surface area contributed by atoms with Crippen molar-refractivity contribution in [1.82, 2.24) is 9.78 Å².